The van der Waals surface area contributed by atoms with Crippen molar-refractivity contribution in [1.82, 2.24) is 4.98 Å². The molecule has 0 fully saturated rings. The van der Waals surface area contributed by atoms with Crippen molar-refractivity contribution in [2.75, 3.05) is 5.32 Å². The Labute approximate surface area is 132 Å². The van der Waals surface area contributed by atoms with Crippen LogP contribution in [-0.4, -0.2) is 23.3 Å². The van der Waals surface area contributed by atoms with Crippen LogP contribution in [0, 0.1) is 0 Å². The van der Waals surface area contributed by atoms with E-state index in [2.05, 4.69) is 15.0 Å². The van der Waals surface area contributed by atoms with Gasteiger partial charge in [-0.1, -0.05) is 0 Å². The number of carbonyl (C=O) groups is 1. The van der Waals surface area contributed by atoms with E-state index in [4.69, 9.17) is 0 Å². The molecular weight excluding hydrogens is 336 g/mol. The monoisotopic (exact) mass is 346 g/mol. The maximum atomic E-state index is 12.5. The number of benzene rings is 1. The molecule has 1 heterocycles. The first-order valence-electron chi connectivity index (χ1n) is 6.22. The molecule has 1 aromatic carbocycles. The highest BCUT2D eigenvalue weighted by molar-refractivity contribution is 7.99. The Bertz CT molecular complexity index is 668. The van der Waals surface area contributed by atoms with E-state index >= 15 is 0 Å². The Hall–Kier alpha value is -2.29. The fraction of sp³-hybridized carbons (Fsp3) is 0.143. The van der Waals surface area contributed by atoms with Crippen molar-refractivity contribution in [1.29, 1.82) is 0 Å². The van der Waals surface area contributed by atoms with Crippen LogP contribution in [0.2, 0.25) is 0 Å². The van der Waals surface area contributed by atoms with Crippen LogP contribution in [-0.2, 0) is 0 Å². The van der Waals surface area contributed by atoms with Crippen LogP contribution >= 0.6 is 11.8 Å². The van der Waals surface area contributed by atoms with E-state index in [1.807, 2.05) is 0 Å². The number of ether oxygens (including phenoxy) is 1. The first-order valence-corrected chi connectivity index (χ1v) is 7.09. The van der Waals surface area contributed by atoms with Crippen LogP contribution in [0.25, 0.3) is 0 Å². The van der Waals surface area contributed by atoms with E-state index in [0.717, 1.165) is 0 Å². The van der Waals surface area contributed by atoms with Gasteiger partial charge in [-0.05, 0) is 48.2 Å². The fourth-order valence-electron chi connectivity index (χ4n) is 1.66. The van der Waals surface area contributed by atoms with Crippen molar-refractivity contribution in [2.45, 2.75) is 17.4 Å². The maximum Gasteiger partial charge on any atom is 0.387 e. The molecule has 0 unspecified atom stereocenters. The van der Waals surface area contributed by atoms with Crippen molar-refractivity contribution < 1.29 is 27.1 Å². The SMILES string of the molecule is O=C(Nc1ccc(OC(F)F)cc1)c1cccnc1SC(F)F. The van der Waals surface area contributed by atoms with Gasteiger partial charge < -0.3 is 10.1 Å². The number of nitrogens with zero attached hydrogens (tertiary/aromatic N) is 1. The zero-order valence-electron chi connectivity index (χ0n) is 11.4. The summed E-state index contributed by atoms with van der Waals surface area (Å²) >= 11 is 0.165. The highest BCUT2D eigenvalue weighted by atomic mass is 32.2. The third kappa shape index (κ3) is 5.13. The summed E-state index contributed by atoms with van der Waals surface area (Å²) in [5, 5.41) is 2.37. The van der Waals surface area contributed by atoms with E-state index in [1.54, 1.807) is 0 Å². The Kier molecular flexibility index (Phi) is 5.80. The number of anilines is 1. The molecule has 0 radical (unpaired) electrons. The molecule has 2 rings (SSSR count). The molecule has 0 saturated heterocycles. The van der Waals surface area contributed by atoms with E-state index in [9.17, 15) is 22.4 Å². The molecule has 0 aliphatic rings. The van der Waals surface area contributed by atoms with Crippen LogP contribution in [0.4, 0.5) is 23.2 Å². The Morgan fingerprint density at radius 3 is 2.43 bits per heavy atom. The molecule has 0 aliphatic heterocycles. The van der Waals surface area contributed by atoms with Crippen molar-refractivity contribution in [3.05, 3.63) is 48.2 Å². The van der Waals surface area contributed by atoms with Crippen LogP contribution in [0.15, 0.2) is 47.6 Å². The second-order valence-corrected chi connectivity index (χ2v) is 5.07. The lowest BCUT2D eigenvalue weighted by molar-refractivity contribution is -0.0498. The van der Waals surface area contributed by atoms with Crippen molar-refractivity contribution in [3.8, 4) is 5.75 Å². The highest BCUT2D eigenvalue weighted by Crippen LogP contribution is 2.27. The number of amides is 1. The molecule has 0 atom stereocenters. The summed E-state index contributed by atoms with van der Waals surface area (Å²) in [6.07, 6.45) is 1.30. The molecule has 0 aliphatic carbocycles. The van der Waals surface area contributed by atoms with Gasteiger partial charge in [0.25, 0.3) is 11.7 Å². The number of hydrogen-bond acceptors (Lipinski definition) is 4. The molecule has 0 spiro atoms. The molecule has 23 heavy (non-hydrogen) atoms. The Balaban J connectivity index is 2.10. The minimum Gasteiger partial charge on any atom is -0.435 e. The third-order valence-electron chi connectivity index (χ3n) is 2.55. The average molecular weight is 346 g/mol. The van der Waals surface area contributed by atoms with E-state index in [-0.39, 0.29) is 28.1 Å². The smallest absolute Gasteiger partial charge is 0.387 e. The zero-order chi connectivity index (χ0) is 16.8. The van der Waals surface area contributed by atoms with Crippen LogP contribution in [0.3, 0.4) is 0 Å². The molecule has 1 N–H and O–H groups in total. The fourth-order valence-corrected chi connectivity index (χ4v) is 2.24. The highest BCUT2D eigenvalue weighted by Gasteiger charge is 2.16. The number of rotatable bonds is 6. The topological polar surface area (TPSA) is 51.2 Å². The van der Waals surface area contributed by atoms with Gasteiger partial charge in [0.15, 0.2) is 0 Å². The third-order valence-corrected chi connectivity index (χ3v) is 3.28. The van der Waals surface area contributed by atoms with Gasteiger partial charge >= 0.3 is 6.61 Å². The predicted octanol–water partition coefficient (Wildman–Crippen LogP) is 4.25. The molecule has 0 saturated carbocycles. The van der Waals surface area contributed by atoms with Gasteiger partial charge in [0.2, 0.25) is 0 Å². The molecule has 2 aromatic rings. The summed E-state index contributed by atoms with van der Waals surface area (Å²) in [5.74, 6) is -3.40. The normalized spacial score (nSPS) is 10.9. The molecule has 1 amide bonds. The number of pyridine rings is 1. The lowest BCUT2D eigenvalue weighted by Gasteiger charge is -2.09. The summed E-state index contributed by atoms with van der Waals surface area (Å²) in [7, 11) is 0. The lowest BCUT2D eigenvalue weighted by Crippen LogP contribution is -2.14. The van der Waals surface area contributed by atoms with E-state index in [1.165, 1.54) is 42.6 Å². The molecular formula is C14H10F4N2O2S. The van der Waals surface area contributed by atoms with Gasteiger partial charge in [0, 0.05) is 11.9 Å². The van der Waals surface area contributed by atoms with Crippen molar-refractivity contribution in [2.24, 2.45) is 0 Å². The van der Waals surface area contributed by atoms with E-state index < -0.39 is 18.3 Å². The summed E-state index contributed by atoms with van der Waals surface area (Å²) in [5.41, 5.74) is 0.291. The molecule has 1 aromatic heterocycles. The first kappa shape index (κ1) is 17.1. The summed E-state index contributed by atoms with van der Waals surface area (Å²) < 4.78 is 53.2. The molecule has 9 heteroatoms. The summed E-state index contributed by atoms with van der Waals surface area (Å²) in [6.45, 7) is -2.94. The lowest BCUT2D eigenvalue weighted by atomic mass is 10.2. The molecule has 4 nitrogen and oxygen atoms in total. The van der Waals surface area contributed by atoms with Gasteiger partial charge in [-0.3, -0.25) is 4.79 Å². The van der Waals surface area contributed by atoms with Gasteiger partial charge in [-0.15, -0.1) is 0 Å². The number of aromatic nitrogens is 1. The number of alkyl halides is 4. The van der Waals surface area contributed by atoms with Crippen LogP contribution in [0.1, 0.15) is 10.4 Å². The van der Waals surface area contributed by atoms with Gasteiger partial charge in [-0.25, -0.2) is 4.98 Å². The second kappa shape index (κ2) is 7.82. The average Bonchev–Trinajstić information content (AvgIpc) is 2.48. The van der Waals surface area contributed by atoms with Crippen molar-refractivity contribution in [3.63, 3.8) is 0 Å². The predicted molar refractivity (Wildman–Crippen MR) is 77.1 cm³/mol. The number of nitrogens with one attached hydrogen (secondary N) is 1. The van der Waals surface area contributed by atoms with E-state index in [0.29, 0.717) is 5.69 Å². The summed E-state index contributed by atoms with van der Waals surface area (Å²) in [6, 6.07) is 8.02. The first-order chi connectivity index (χ1) is 11.0. The standard InChI is InChI=1S/C14H10F4N2O2S/c15-13(16)22-9-5-3-8(4-6-9)20-11(21)10-2-1-7-19-12(10)23-14(17)18/h1-7,13-14H,(H,20,21). The quantitative estimate of drug-likeness (QED) is 0.628. The number of hydrogen-bond donors (Lipinski definition) is 1. The minimum atomic E-state index is -2.94. The number of thioether (sulfide) groups is 1. The van der Waals surface area contributed by atoms with Gasteiger partial charge in [-0.2, -0.15) is 17.6 Å². The largest absolute Gasteiger partial charge is 0.435 e. The van der Waals surface area contributed by atoms with Gasteiger partial charge in [0.05, 0.1) is 5.56 Å². The second-order valence-electron chi connectivity index (χ2n) is 4.09. The zero-order valence-corrected chi connectivity index (χ0v) is 12.2. The van der Waals surface area contributed by atoms with Crippen LogP contribution < -0.4 is 10.1 Å². The number of carbonyl (C=O) groups excluding carboxylic acids is 1. The summed E-state index contributed by atoms with van der Waals surface area (Å²) in [4.78, 5) is 15.9. The Morgan fingerprint density at radius 2 is 1.83 bits per heavy atom. The van der Waals surface area contributed by atoms with Crippen molar-refractivity contribution >= 4 is 23.4 Å². The van der Waals surface area contributed by atoms with Crippen LogP contribution in [0.5, 0.6) is 5.75 Å². The number of halogens is 4. The minimum absolute atomic E-state index is 0.00860. The van der Waals surface area contributed by atoms with Gasteiger partial charge in [0.1, 0.15) is 10.8 Å². The molecule has 0 bridgehead atoms. The molecule has 122 valence electrons. The Morgan fingerprint density at radius 1 is 1.13 bits per heavy atom. The maximum absolute atomic E-state index is 12.5.